The van der Waals surface area contributed by atoms with E-state index >= 15 is 0 Å². The molecule has 0 saturated heterocycles. The molecule has 0 saturated carbocycles. The number of alkyl halides is 1. The first-order valence-electron chi connectivity index (χ1n) is 7.05. The van der Waals surface area contributed by atoms with Gasteiger partial charge in [-0.25, -0.2) is 4.98 Å². The van der Waals surface area contributed by atoms with Gasteiger partial charge in [-0.15, -0.1) is 22.9 Å². The van der Waals surface area contributed by atoms with Gasteiger partial charge in [-0.3, -0.25) is 4.79 Å². The summed E-state index contributed by atoms with van der Waals surface area (Å²) >= 11 is 6.97. The van der Waals surface area contributed by atoms with Gasteiger partial charge < -0.3 is 5.32 Å². The van der Waals surface area contributed by atoms with Crippen molar-refractivity contribution in [2.75, 3.05) is 11.2 Å². The van der Waals surface area contributed by atoms with Crippen molar-refractivity contribution in [3.63, 3.8) is 0 Å². The van der Waals surface area contributed by atoms with Crippen LogP contribution in [0.2, 0.25) is 0 Å². The number of benzene rings is 1. The summed E-state index contributed by atoms with van der Waals surface area (Å²) in [4.78, 5) is 15.9. The Bertz CT molecular complexity index is 595. The molecule has 0 fully saturated rings. The monoisotopic (exact) mass is 322 g/mol. The third kappa shape index (κ3) is 4.29. The van der Waals surface area contributed by atoms with Gasteiger partial charge in [0.2, 0.25) is 5.91 Å². The molecule has 3 nitrogen and oxygen atoms in total. The van der Waals surface area contributed by atoms with Gasteiger partial charge in [0.05, 0.1) is 5.69 Å². The summed E-state index contributed by atoms with van der Waals surface area (Å²) in [6.07, 6.45) is 1.44. The van der Waals surface area contributed by atoms with Gasteiger partial charge in [-0.05, 0) is 17.9 Å². The molecule has 1 heterocycles. The number of carbonyl (C=O) groups is 1. The van der Waals surface area contributed by atoms with E-state index in [1.807, 2.05) is 5.38 Å². The second-order valence-corrected chi connectivity index (χ2v) is 6.19. The number of amides is 1. The summed E-state index contributed by atoms with van der Waals surface area (Å²) in [6, 6.07) is 8.46. The maximum atomic E-state index is 11.5. The summed E-state index contributed by atoms with van der Waals surface area (Å²) in [7, 11) is 0. The molecular weight excluding hydrogens is 304 g/mol. The quantitative estimate of drug-likeness (QED) is 0.769. The van der Waals surface area contributed by atoms with E-state index in [4.69, 9.17) is 11.6 Å². The summed E-state index contributed by atoms with van der Waals surface area (Å²) in [5, 5.41) is 5.33. The third-order valence-corrected chi connectivity index (χ3v) is 4.41. The molecule has 112 valence electrons. The minimum absolute atomic E-state index is 0.0991. The van der Waals surface area contributed by atoms with Crippen molar-refractivity contribution in [2.24, 2.45) is 0 Å². The minimum Gasteiger partial charge on any atom is -0.302 e. The first-order chi connectivity index (χ1) is 10.1. The highest BCUT2D eigenvalue weighted by atomic mass is 35.5. The number of nitrogens with one attached hydrogen (secondary N) is 1. The number of aromatic nitrogens is 1. The molecule has 0 radical (unpaired) electrons. The normalized spacial score (nSPS) is 12.1. The van der Waals surface area contributed by atoms with Crippen molar-refractivity contribution in [3.8, 4) is 11.3 Å². The lowest BCUT2D eigenvalue weighted by molar-refractivity contribution is -0.115. The molecule has 1 aromatic heterocycles. The zero-order chi connectivity index (χ0) is 15.2. The molecule has 1 unspecified atom stereocenters. The molecular formula is C16H19ClN2OS. The topological polar surface area (TPSA) is 42.0 Å². The molecule has 1 atom stereocenters. The zero-order valence-corrected chi connectivity index (χ0v) is 13.8. The van der Waals surface area contributed by atoms with Crippen LogP contribution in [-0.4, -0.2) is 16.8 Å². The van der Waals surface area contributed by atoms with E-state index in [9.17, 15) is 4.79 Å². The number of halogens is 1. The summed E-state index contributed by atoms with van der Waals surface area (Å²) in [5.41, 5.74) is 3.29. The van der Waals surface area contributed by atoms with Crippen LogP contribution < -0.4 is 5.32 Å². The zero-order valence-electron chi connectivity index (χ0n) is 12.2. The van der Waals surface area contributed by atoms with E-state index in [-0.39, 0.29) is 5.91 Å². The molecule has 0 aliphatic rings. The fourth-order valence-electron chi connectivity index (χ4n) is 1.95. The van der Waals surface area contributed by atoms with Crippen LogP contribution in [0.5, 0.6) is 0 Å². The molecule has 0 aliphatic heterocycles. The Morgan fingerprint density at radius 3 is 2.71 bits per heavy atom. The predicted molar refractivity (Wildman–Crippen MR) is 90.2 cm³/mol. The largest absolute Gasteiger partial charge is 0.302 e. The highest BCUT2D eigenvalue weighted by Crippen LogP contribution is 2.27. The van der Waals surface area contributed by atoms with Gasteiger partial charge >= 0.3 is 0 Å². The minimum atomic E-state index is -0.0991. The molecule has 2 rings (SSSR count). The van der Waals surface area contributed by atoms with E-state index in [1.54, 1.807) is 0 Å². The molecule has 1 aromatic carbocycles. The lowest BCUT2D eigenvalue weighted by Crippen LogP contribution is -2.11. The molecule has 1 N–H and O–H groups in total. The average molecular weight is 323 g/mol. The van der Waals surface area contributed by atoms with Gasteiger partial charge in [0.15, 0.2) is 5.13 Å². The Balaban J connectivity index is 2.08. The van der Waals surface area contributed by atoms with Crippen LogP contribution in [0.4, 0.5) is 5.13 Å². The van der Waals surface area contributed by atoms with Crippen molar-refractivity contribution in [1.29, 1.82) is 0 Å². The van der Waals surface area contributed by atoms with Gasteiger partial charge in [0, 0.05) is 23.2 Å². The maximum absolute atomic E-state index is 11.5. The van der Waals surface area contributed by atoms with E-state index < -0.39 is 0 Å². The first-order valence-corrected chi connectivity index (χ1v) is 8.47. The van der Waals surface area contributed by atoms with E-state index in [0.29, 0.717) is 23.4 Å². The fourth-order valence-corrected chi connectivity index (χ4v) is 2.86. The Hall–Kier alpha value is -1.39. The number of nitrogens with zero attached hydrogens (tertiary/aromatic N) is 1. The Labute approximate surface area is 134 Å². The molecule has 2 aromatic rings. The van der Waals surface area contributed by atoms with Crippen LogP contribution in [0.1, 0.15) is 38.2 Å². The number of carbonyl (C=O) groups excluding carboxylic acids is 1. The van der Waals surface area contributed by atoms with Gasteiger partial charge in [-0.1, -0.05) is 38.1 Å². The number of anilines is 1. The van der Waals surface area contributed by atoms with Crippen LogP contribution in [0, 0.1) is 0 Å². The van der Waals surface area contributed by atoms with Gasteiger partial charge in [0.25, 0.3) is 0 Å². The standard InChI is InChI=1S/C16H19ClN2OS/c1-3-11(2)12-4-6-13(7-5-12)14-10-21-16(18-14)19-15(20)8-9-17/h4-7,10-11H,3,8-9H2,1-2H3,(H,18,19,20). The van der Waals surface area contributed by atoms with E-state index in [2.05, 4.69) is 48.4 Å². The van der Waals surface area contributed by atoms with Crippen LogP contribution >= 0.6 is 22.9 Å². The van der Waals surface area contributed by atoms with Crippen molar-refractivity contribution < 1.29 is 4.79 Å². The van der Waals surface area contributed by atoms with Crippen LogP contribution in [-0.2, 0) is 4.79 Å². The molecule has 1 amide bonds. The van der Waals surface area contributed by atoms with Crippen molar-refractivity contribution in [3.05, 3.63) is 35.2 Å². The van der Waals surface area contributed by atoms with Gasteiger partial charge in [0.1, 0.15) is 0 Å². The summed E-state index contributed by atoms with van der Waals surface area (Å²) < 4.78 is 0. The Kier molecular flexibility index (Phi) is 5.76. The van der Waals surface area contributed by atoms with Crippen molar-refractivity contribution in [2.45, 2.75) is 32.6 Å². The highest BCUT2D eigenvalue weighted by molar-refractivity contribution is 7.14. The van der Waals surface area contributed by atoms with Crippen LogP contribution in [0.15, 0.2) is 29.6 Å². The highest BCUT2D eigenvalue weighted by Gasteiger charge is 2.08. The predicted octanol–water partition coefficient (Wildman–Crippen LogP) is 4.89. The van der Waals surface area contributed by atoms with E-state index in [0.717, 1.165) is 17.7 Å². The molecule has 5 heteroatoms. The summed E-state index contributed by atoms with van der Waals surface area (Å²) in [6.45, 7) is 4.41. The second-order valence-electron chi connectivity index (χ2n) is 4.96. The lowest BCUT2D eigenvalue weighted by Gasteiger charge is -2.08. The SMILES string of the molecule is CCC(C)c1ccc(-c2csc(NC(=O)CCCl)n2)cc1. The molecule has 0 aliphatic carbocycles. The fraction of sp³-hybridized carbons (Fsp3) is 0.375. The van der Waals surface area contributed by atoms with Gasteiger partial charge in [-0.2, -0.15) is 0 Å². The van der Waals surface area contributed by atoms with Crippen LogP contribution in [0.3, 0.4) is 0 Å². The smallest absolute Gasteiger partial charge is 0.227 e. The summed E-state index contributed by atoms with van der Waals surface area (Å²) in [5.74, 6) is 0.791. The molecule has 0 spiro atoms. The Morgan fingerprint density at radius 2 is 2.10 bits per heavy atom. The maximum Gasteiger partial charge on any atom is 0.227 e. The number of hydrogen-bond donors (Lipinski definition) is 1. The number of rotatable bonds is 6. The average Bonchev–Trinajstić information content (AvgIpc) is 2.95. The first kappa shape index (κ1) is 16.0. The Morgan fingerprint density at radius 1 is 1.38 bits per heavy atom. The lowest BCUT2D eigenvalue weighted by atomic mass is 9.97. The number of hydrogen-bond acceptors (Lipinski definition) is 3. The second kappa shape index (κ2) is 7.57. The molecule has 0 bridgehead atoms. The van der Waals surface area contributed by atoms with Crippen LogP contribution in [0.25, 0.3) is 11.3 Å². The van der Waals surface area contributed by atoms with E-state index in [1.165, 1.54) is 16.9 Å². The number of thiazole rings is 1. The molecule has 21 heavy (non-hydrogen) atoms. The van der Waals surface area contributed by atoms with Crippen molar-refractivity contribution >= 4 is 34.0 Å². The third-order valence-electron chi connectivity index (χ3n) is 3.46. The van der Waals surface area contributed by atoms with Crippen molar-refractivity contribution in [1.82, 2.24) is 4.98 Å².